The fourth-order valence-electron chi connectivity index (χ4n) is 2.27. The molecule has 2 aromatic rings. The highest BCUT2D eigenvalue weighted by Gasteiger charge is 2.21. The van der Waals surface area contributed by atoms with E-state index in [0.29, 0.717) is 18.7 Å². The Morgan fingerprint density at radius 2 is 2.16 bits per heavy atom. The van der Waals surface area contributed by atoms with Gasteiger partial charge >= 0.3 is 5.97 Å². The fourth-order valence-corrected chi connectivity index (χ4v) is 3.61. The molecule has 2 heterocycles. The van der Waals surface area contributed by atoms with E-state index in [1.54, 1.807) is 39.8 Å². The molecular formula is C17H17BrN4O2S. The Balaban J connectivity index is 1.70. The van der Waals surface area contributed by atoms with E-state index in [0.717, 1.165) is 26.7 Å². The Morgan fingerprint density at radius 3 is 2.84 bits per heavy atom. The summed E-state index contributed by atoms with van der Waals surface area (Å²) < 4.78 is 2.52. The van der Waals surface area contributed by atoms with Crippen LogP contribution in [0.2, 0.25) is 0 Å². The van der Waals surface area contributed by atoms with Crippen LogP contribution in [0.25, 0.3) is 0 Å². The lowest BCUT2D eigenvalue weighted by molar-refractivity contribution is -0.0978. The molecule has 1 aliphatic heterocycles. The number of aromatic nitrogens is 2. The third-order valence-corrected chi connectivity index (χ3v) is 5.14. The van der Waals surface area contributed by atoms with E-state index in [9.17, 15) is 4.79 Å². The molecule has 1 saturated heterocycles. The van der Waals surface area contributed by atoms with Crippen LogP contribution in [0, 0.1) is 0 Å². The van der Waals surface area contributed by atoms with Gasteiger partial charge in [-0.05, 0) is 33.6 Å². The second-order valence-corrected chi connectivity index (χ2v) is 7.35. The standard InChI is InChI=1S/C17H17BrN4O2S/c1-12-11-22(24-17(23)13-6-4-3-5-7-13)8-9-25-16(12)20-15-14(18)10-19-21(15)2/h3-7,10H,1,8-9,11H2,2H3. The summed E-state index contributed by atoms with van der Waals surface area (Å²) >= 11 is 5.03. The van der Waals surface area contributed by atoms with E-state index in [1.165, 1.54) is 0 Å². The van der Waals surface area contributed by atoms with Crippen LogP contribution in [-0.2, 0) is 11.9 Å². The highest BCUT2D eigenvalue weighted by molar-refractivity contribution is 9.10. The Morgan fingerprint density at radius 1 is 1.40 bits per heavy atom. The van der Waals surface area contributed by atoms with Gasteiger partial charge in [-0.25, -0.2) is 14.5 Å². The van der Waals surface area contributed by atoms with Gasteiger partial charge in [0.25, 0.3) is 0 Å². The van der Waals surface area contributed by atoms with Crippen molar-refractivity contribution in [3.8, 4) is 0 Å². The summed E-state index contributed by atoms with van der Waals surface area (Å²) in [7, 11) is 1.84. The zero-order chi connectivity index (χ0) is 17.8. The molecule has 130 valence electrons. The number of hydroxylamine groups is 2. The Hall–Kier alpha value is -1.90. The summed E-state index contributed by atoms with van der Waals surface area (Å²) in [5, 5.41) is 6.61. The minimum Gasteiger partial charge on any atom is -0.364 e. The Kier molecular flexibility index (Phi) is 5.72. The van der Waals surface area contributed by atoms with Gasteiger partial charge in [-0.1, -0.05) is 24.8 Å². The molecule has 8 heteroatoms. The molecular weight excluding hydrogens is 404 g/mol. The zero-order valence-corrected chi connectivity index (χ0v) is 16.1. The maximum absolute atomic E-state index is 12.2. The topological polar surface area (TPSA) is 59.7 Å². The summed E-state index contributed by atoms with van der Waals surface area (Å²) in [4.78, 5) is 22.4. The number of rotatable bonds is 3. The van der Waals surface area contributed by atoms with Crippen LogP contribution in [0.3, 0.4) is 0 Å². The molecule has 1 aromatic heterocycles. The van der Waals surface area contributed by atoms with Gasteiger partial charge in [0, 0.05) is 19.3 Å². The van der Waals surface area contributed by atoms with Crippen molar-refractivity contribution in [3.05, 3.63) is 58.7 Å². The van der Waals surface area contributed by atoms with Crippen LogP contribution >= 0.6 is 27.7 Å². The van der Waals surface area contributed by atoms with Gasteiger partial charge in [0.1, 0.15) is 5.04 Å². The molecule has 1 aromatic carbocycles. The summed E-state index contributed by atoms with van der Waals surface area (Å²) in [5.74, 6) is 1.11. The normalized spacial score (nSPS) is 17.5. The third kappa shape index (κ3) is 4.39. The average Bonchev–Trinajstić information content (AvgIpc) is 2.82. The third-order valence-electron chi connectivity index (χ3n) is 3.54. The first-order chi connectivity index (χ1) is 12.0. The predicted octanol–water partition coefficient (Wildman–Crippen LogP) is 3.59. The maximum Gasteiger partial charge on any atom is 0.357 e. The molecule has 1 aliphatic rings. The molecule has 0 bridgehead atoms. The summed E-state index contributed by atoms with van der Waals surface area (Å²) in [6.07, 6.45) is 1.71. The van der Waals surface area contributed by atoms with Gasteiger partial charge in [-0.15, -0.1) is 16.8 Å². The number of thioether (sulfide) groups is 1. The summed E-state index contributed by atoms with van der Waals surface area (Å²) in [6.45, 7) is 5.12. The molecule has 0 aliphatic carbocycles. The number of hydrogen-bond acceptors (Lipinski definition) is 6. The number of hydrogen-bond donors (Lipinski definition) is 0. The summed E-state index contributed by atoms with van der Waals surface area (Å²) in [5.41, 5.74) is 1.33. The van der Waals surface area contributed by atoms with Crippen molar-refractivity contribution in [1.82, 2.24) is 14.8 Å². The van der Waals surface area contributed by atoms with Gasteiger partial charge in [-0.2, -0.15) is 5.10 Å². The summed E-state index contributed by atoms with van der Waals surface area (Å²) in [6, 6.07) is 8.95. The van der Waals surface area contributed by atoms with Gasteiger partial charge in [0.05, 0.1) is 22.8 Å². The van der Waals surface area contributed by atoms with E-state index in [2.05, 4.69) is 32.6 Å². The number of carbonyl (C=O) groups is 1. The number of halogens is 1. The van der Waals surface area contributed by atoms with Crippen molar-refractivity contribution in [1.29, 1.82) is 0 Å². The highest BCUT2D eigenvalue weighted by Crippen LogP contribution is 2.28. The van der Waals surface area contributed by atoms with Crippen molar-refractivity contribution in [2.45, 2.75) is 0 Å². The van der Waals surface area contributed by atoms with E-state index >= 15 is 0 Å². The van der Waals surface area contributed by atoms with Crippen LogP contribution < -0.4 is 0 Å². The molecule has 0 N–H and O–H groups in total. The number of nitrogens with zero attached hydrogens (tertiary/aromatic N) is 4. The first kappa shape index (κ1) is 17.9. The lowest BCUT2D eigenvalue weighted by Crippen LogP contribution is -2.30. The zero-order valence-electron chi connectivity index (χ0n) is 13.7. The first-order valence-corrected chi connectivity index (χ1v) is 9.42. The SMILES string of the molecule is C=C1CN(OC(=O)c2ccccc2)CCSC1=Nc1c(Br)cnn1C. The van der Waals surface area contributed by atoms with Gasteiger partial charge in [-0.3, -0.25) is 0 Å². The predicted molar refractivity (Wildman–Crippen MR) is 103 cm³/mol. The van der Waals surface area contributed by atoms with Gasteiger partial charge in [0.15, 0.2) is 5.82 Å². The molecule has 0 saturated carbocycles. The monoisotopic (exact) mass is 420 g/mol. The van der Waals surface area contributed by atoms with Crippen LogP contribution in [0.4, 0.5) is 5.82 Å². The number of aryl methyl sites for hydroxylation is 1. The van der Waals surface area contributed by atoms with Gasteiger partial charge in [0.2, 0.25) is 0 Å². The van der Waals surface area contributed by atoms with Crippen LogP contribution in [0.1, 0.15) is 10.4 Å². The van der Waals surface area contributed by atoms with Crippen molar-refractivity contribution in [2.24, 2.45) is 12.0 Å². The number of carbonyl (C=O) groups excluding carboxylic acids is 1. The average molecular weight is 421 g/mol. The van der Waals surface area contributed by atoms with E-state index in [-0.39, 0.29) is 5.97 Å². The molecule has 3 rings (SSSR count). The molecule has 0 radical (unpaired) electrons. The van der Waals surface area contributed by atoms with Crippen molar-refractivity contribution in [3.63, 3.8) is 0 Å². The fraction of sp³-hybridized carbons (Fsp3) is 0.235. The first-order valence-electron chi connectivity index (χ1n) is 7.64. The maximum atomic E-state index is 12.2. The van der Waals surface area contributed by atoms with Crippen LogP contribution in [-0.4, -0.2) is 44.7 Å². The van der Waals surface area contributed by atoms with Crippen LogP contribution in [0.5, 0.6) is 0 Å². The largest absolute Gasteiger partial charge is 0.364 e. The van der Waals surface area contributed by atoms with E-state index in [1.807, 2.05) is 25.2 Å². The lowest BCUT2D eigenvalue weighted by atomic mass is 10.2. The van der Waals surface area contributed by atoms with Crippen molar-refractivity contribution >= 4 is 44.5 Å². The van der Waals surface area contributed by atoms with E-state index < -0.39 is 0 Å². The van der Waals surface area contributed by atoms with Crippen LogP contribution in [0.15, 0.2) is 58.1 Å². The van der Waals surface area contributed by atoms with Crippen molar-refractivity contribution < 1.29 is 9.63 Å². The molecule has 25 heavy (non-hydrogen) atoms. The molecule has 0 atom stereocenters. The molecule has 1 fully saturated rings. The number of benzene rings is 1. The quantitative estimate of drug-likeness (QED) is 0.758. The Labute approximate surface area is 158 Å². The second-order valence-electron chi connectivity index (χ2n) is 5.42. The molecule has 0 unspecified atom stereocenters. The van der Waals surface area contributed by atoms with Crippen molar-refractivity contribution in [2.75, 3.05) is 18.8 Å². The van der Waals surface area contributed by atoms with Gasteiger partial charge < -0.3 is 4.84 Å². The molecule has 0 spiro atoms. The minimum absolute atomic E-state index is 0.367. The molecule has 6 nitrogen and oxygen atoms in total. The minimum atomic E-state index is -0.367. The second kappa shape index (κ2) is 7.99. The number of aliphatic imine (C=N–C) groups is 1. The smallest absolute Gasteiger partial charge is 0.357 e. The molecule has 0 amide bonds. The van der Waals surface area contributed by atoms with E-state index in [4.69, 9.17) is 4.84 Å². The Bertz CT molecular complexity index is 800. The highest BCUT2D eigenvalue weighted by atomic mass is 79.9. The lowest BCUT2D eigenvalue weighted by Gasteiger charge is -2.18.